The molecule has 1 fully saturated rings. The quantitative estimate of drug-likeness (QED) is 0.536. The van der Waals surface area contributed by atoms with Gasteiger partial charge in [-0.15, -0.1) is 0 Å². The lowest BCUT2D eigenvalue weighted by Gasteiger charge is -2.27. The minimum Gasteiger partial charge on any atom is -0.484 e. The number of rotatable bonds is 4. The van der Waals surface area contributed by atoms with Gasteiger partial charge in [-0.1, -0.05) is 18.2 Å². The molecule has 7 nitrogen and oxygen atoms in total. The Morgan fingerprint density at radius 2 is 2.13 bits per heavy atom. The molecule has 0 bridgehead atoms. The van der Waals surface area contributed by atoms with E-state index >= 15 is 0 Å². The Morgan fingerprint density at radius 3 is 2.90 bits per heavy atom. The van der Waals surface area contributed by atoms with Gasteiger partial charge in [-0.05, 0) is 31.1 Å². The second kappa shape index (κ2) is 7.29. The lowest BCUT2D eigenvalue weighted by Crippen LogP contribution is -2.34. The molecule has 5 rings (SSSR count). The third-order valence-corrected chi connectivity index (χ3v) is 5.39. The SMILES string of the molecule is CO/C(=N\C(=N)C1=CNC2C=CC(c3c[nH]nc3-c3ccccc3F)=CN12)C1CC1. The maximum absolute atomic E-state index is 14.3. The number of nitrogens with zero attached hydrogens (tertiary/aromatic N) is 3. The number of hydrogen-bond acceptors (Lipinski definition) is 5. The Kier molecular flexibility index (Phi) is 4.46. The lowest BCUT2D eigenvalue weighted by molar-refractivity contribution is 0.386. The van der Waals surface area contributed by atoms with Gasteiger partial charge in [-0.3, -0.25) is 10.5 Å². The number of hydrogen-bond donors (Lipinski definition) is 3. The molecule has 1 unspecified atom stereocenters. The fourth-order valence-corrected chi connectivity index (χ4v) is 3.67. The molecule has 0 amide bonds. The number of halogens is 1. The van der Waals surface area contributed by atoms with Crippen molar-refractivity contribution in [1.82, 2.24) is 20.4 Å². The summed E-state index contributed by atoms with van der Waals surface area (Å²) in [7, 11) is 1.60. The molecule has 1 aromatic heterocycles. The van der Waals surface area contributed by atoms with Crippen LogP contribution in [0.4, 0.5) is 4.39 Å². The number of H-pyrrole nitrogens is 1. The van der Waals surface area contributed by atoms with Crippen LogP contribution in [0, 0.1) is 17.1 Å². The Morgan fingerprint density at radius 1 is 1.30 bits per heavy atom. The molecule has 1 atom stereocenters. The maximum Gasteiger partial charge on any atom is 0.192 e. The Balaban J connectivity index is 1.46. The number of fused-ring (bicyclic) bond motifs is 1. The Bertz CT molecular complexity index is 1120. The molecule has 2 aromatic rings. The summed E-state index contributed by atoms with van der Waals surface area (Å²) in [5, 5.41) is 18.8. The van der Waals surface area contributed by atoms with Gasteiger partial charge in [0, 0.05) is 41.2 Å². The average molecular weight is 404 g/mol. The van der Waals surface area contributed by atoms with Crippen LogP contribution in [-0.4, -0.2) is 40.1 Å². The summed E-state index contributed by atoms with van der Waals surface area (Å²) in [6.45, 7) is 0. The molecule has 2 aliphatic heterocycles. The molecule has 3 heterocycles. The molecule has 0 saturated heterocycles. The van der Waals surface area contributed by atoms with Gasteiger partial charge in [-0.2, -0.15) is 10.1 Å². The normalized spacial score (nSPS) is 20.4. The van der Waals surface area contributed by atoms with E-state index in [1.54, 1.807) is 37.7 Å². The summed E-state index contributed by atoms with van der Waals surface area (Å²) in [6.07, 6.45) is 11.4. The number of aromatic amines is 1. The van der Waals surface area contributed by atoms with E-state index in [0.29, 0.717) is 28.8 Å². The predicted molar refractivity (Wildman–Crippen MR) is 113 cm³/mol. The van der Waals surface area contributed by atoms with Crippen LogP contribution in [0.1, 0.15) is 18.4 Å². The summed E-state index contributed by atoms with van der Waals surface area (Å²) < 4.78 is 19.7. The van der Waals surface area contributed by atoms with E-state index in [2.05, 4.69) is 20.5 Å². The first-order chi connectivity index (χ1) is 14.7. The highest BCUT2D eigenvalue weighted by atomic mass is 19.1. The largest absolute Gasteiger partial charge is 0.484 e. The van der Waals surface area contributed by atoms with E-state index in [1.807, 2.05) is 23.3 Å². The third-order valence-electron chi connectivity index (χ3n) is 5.39. The van der Waals surface area contributed by atoms with Crippen LogP contribution in [0.2, 0.25) is 0 Å². The van der Waals surface area contributed by atoms with E-state index in [4.69, 9.17) is 10.1 Å². The minimum absolute atomic E-state index is 0.102. The van der Waals surface area contributed by atoms with Crippen molar-refractivity contribution in [1.29, 1.82) is 5.41 Å². The van der Waals surface area contributed by atoms with Crippen molar-refractivity contribution in [3.8, 4) is 11.3 Å². The summed E-state index contributed by atoms with van der Waals surface area (Å²) in [5.41, 5.74) is 3.27. The molecule has 3 aliphatic rings. The fourth-order valence-electron chi connectivity index (χ4n) is 3.67. The molecule has 0 radical (unpaired) electrons. The van der Waals surface area contributed by atoms with Crippen molar-refractivity contribution in [3.63, 3.8) is 0 Å². The maximum atomic E-state index is 14.3. The molecular formula is C22H21FN6O. The van der Waals surface area contributed by atoms with Gasteiger partial charge in [0.1, 0.15) is 23.4 Å². The zero-order valence-electron chi connectivity index (χ0n) is 16.4. The summed E-state index contributed by atoms with van der Waals surface area (Å²) in [6, 6.07) is 6.58. The van der Waals surface area contributed by atoms with Gasteiger partial charge in [0.25, 0.3) is 0 Å². The van der Waals surface area contributed by atoms with Gasteiger partial charge in [-0.25, -0.2) is 4.39 Å². The highest BCUT2D eigenvalue weighted by molar-refractivity contribution is 6.04. The van der Waals surface area contributed by atoms with Crippen molar-refractivity contribution in [3.05, 3.63) is 72.1 Å². The monoisotopic (exact) mass is 404 g/mol. The standard InChI is InChI=1S/C22H21FN6O/c1-30-22(13-6-7-13)27-21(24)18-11-25-19-9-8-14(12-29(18)19)16-10-26-28-20(16)15-4-2-3-5-17(15)23/h2-5,8-13,19,24-25H,6-7H2,1H3,(H,26,28)/b24-21?,27-22-. The number of benzene rings is 1. The molecule has 3 N–H and O–H groups in total. The number of ether oxygens (including phenoxy) is 1. The van der Waals surface area contributed by atoms with Crippen LogP contribution in [0.5, 0.6) is 0 Å². The van der Waals surface area contributed by atoms with E-state index in [9.17, 15) is 4.39 Å². The van der Waals surface area contributed by atoms with Crippen molar-refractivity contribution in [2.24, 2.45) is 10.9 Å². The second-order valence-corrected chi connectivity index (χ2v) is 7.40. The van der Waals surface area contributed by atoms with Crippen LogP contribution in [0.3, 0.4) is 0 Å². The second-order valence-electron chi connectivity index (χ2n) is 7.40. The van der Waals surface area contributed by atoms with Crippen LogP contribution in [0.25, 0.3) is 16.8 Å². The number of amidine groups is 1. The highest BCUT2D eigenvalue weighted by Gasteiger charge is 2.32. The Hall–Kier alpha value is -3.68. The zero-order valence-corrected chi connectivity index (χ0v) is 16.4. The van der Waals surface area contributed by atoms with Crippen molar-refractivity contribution in [2.75, 3.05) is 7.11 Å². The van der Waals surface area contributed by atoms with E-state index in [1.165, 1.54) is 6.07 Å². The Labute approximate surface area is 173 Å². The number of allylic oxidation sites excluding steroid dienone is 2. The first kappa shape index (κ1) is 18.4. The lowest BCUT2D eigenvalue weighted by atomic mass is 10.00. The topological polar surface area (TPSA) is 89.4 Å². The van der Waals surface area contributed by atoms with E-state index in [0.717, 1.165) is 24.0 Å². The molecule has 1 saturated carbocycles. The molecule has 152 valence electrons. The van der Waals surface area contributed by atoms with E-state index in [-0.39, 0.29) is 17.8 Å². The molecular weight excluding hydrogens is 383 g/mol. The summed E-state index contributed by atoms with van der Waals surface area (Å²) >= 11 is 0. The molecule has 8 heteroatoms. The molecule has 1 aromatic carbocycles. The number of methoxy groups -OCH3 is 1. The highest BCUT2D eigenvalue weighted by Crippen LogP contribution is 2.34. The first-order valence-electron chi connectivity index (χ1n) is 9.81. The predicted octanol–water partition coefficient (Wildman–Crippen LogP) is 3.63. The zero-order chi connectivity index (χ0) is 20.7. The van der Waals surface area contributed by atoms with Gasteiger partial charge < -0.3 is 15.0 Å². The van der Waals surface area contributed by atoms with Gasteiger partial charge in [0.15, 0.2) is 11.7 Å². The first-order valence-corrected chi connectivity index (χ1v) is 9.81. The molecule has 1 aliphatic carbocycles. The van der Waals surface area contributed by atoms with Crippen LogP contribution < -0.4 is 5.32 Å². The van der Waals surface area contributed by atoms with Gasteiger partial charge in [0.05, 0.1) is 7.11 Å². The smallest absolute Gasteiger partial charge is 0.192 e. The van der Waals surface area contributed by atoms with E-state index < -0.39 is 0 Å². The minimum atomic E-state index is -0.323. The molecule has 30 heavy (non-hydrogen) atoms. The average Bonchev–Trinajstić information content (AvgIpc) is 3.33. The summed E-state index contributed by atoms with van der Waals surface area (Å²) in [5.74, 6) is 0.748. The van der Waals surface area contributed by atoms with Crippen LogP contribution >= 0.6 is 0 Å². The number of aromatic nitrogens is 2. The number of nitrogens with one attached hydrogen (secondary N) is 3. The van der Waals surface area contributed by atoms with Crippen molar-refractivity contribution >= 4 is 17.3 Å². The summed E-state index contributed by atoms with van der Waals surface area (Å²) in [4.78, 5) is 6.34. The third kappa shape index (κ3) is 3.20. The fraction of sp³-hybridized carbons (Fsp3) is 0.227. The van der Waals surface area contributed by atoms with Crippen LogP contribution in [0.15, 0.2) is 65.7 Å². The van der Waals surface area contributed by atoms with Crippen molar-refractivity contribution in [2.45, 2.75) is 19.0 Å². The van der Waals surface area contributed by atoms with Gasteiger partial charge in [0.2, 0.25) is 0 Å². The number of aliphatic imine (C=N–C) groups is 1. The molecule has 0 spiro atoms. The van der Waals surface area contributed by atoms with Crippen molar-refractivity contribution < 1.29 is 9.13 Å². The van der Waals surface area contributed by atoms with Crippen LogP contribution in [-0.2, 0) is 4.74 Å². The van der Waals surface area contributed by atoms with Gasteiger partial charge >= 0.3 is 0 Å².